The lowest BCUT2D eigenvalue weighted by molar-refractivity contribution is 0.0696. The zero-order valence-corrected chi connectivity index (χ0v) is 18.2. The molecule has 0 aliphatic heterocycles. The Bertz CT molecular complexity index is 1160. The number of carbonyl (C=O) groups is 1. The average Bonchev–Trinajstić information content (AvgIpc) is 3.13. The van der Waals surface area contributed by atoms with Crippen LogP contribution in [0.2, 0.25) is 0 Å². The molecule has 1 saturated carbocycles. The Balaban J connectivity index is 1.58. The molecule has 0 spiro atoms. The van der Waals surface area contributed by atoms with Gasteiger partial charge in [0.2, 0.25) is 15.0 Å². The van der Waals surface area contributed by atoms with Gasteiger partial charge in [-0.3, -0.25) is 4.79 Å². The van der Waals surface area contributed by atoms with E-state index in [-0.39, 0.29) is 11.1 Å². The molecule has 0 bridgehead atoms. The van der Waals surface area contributed by atoms with Gasteiger partial charge in [0.25, 0.3) is 5.91 Å². The van der Waals surface area contributed by atoms with Gasteiger partial charge in [0.1, 0.15) is 0 Å². The highest BCUT2D eigenvalue weighted by molar-refractivity contribution is 7.90. The number of rotatable bonds is 5. The molecule has 1 aliphatic rings. The molecule has 1 aromatic heterocycles. The van der Waals surface area contributed by atoms with Crippen molar-refractivity contribution in [3.63, 3.8) is 0 Å². The van der Waals surface area contributed by atoms with Gasteiger partial charge in [-0.15, -0.1) is 0 Å². The van der Waals surface area contributed by atoms with Gasteiger partial charge in [0.15, 0.2) is 0 Å². The van der Waals surface area contributed by atoms with Crippen molar-refractivity contribution >= 4 is 26.8 Å². The lowest BCUT2D eigenvalue weighted by atomic mass is 9.94. The Labute approximate surface area is 177 Å². The van der Waals surface area contributed by atoms with E-state index >= 15 is 0 Å². The van der Waals surface area contributed by atoms with Crippen LogP contribution in [-0.4, -0.2) is 48.1 Å². The summed E-state index contributed by atoms with van der Waals surface area (Å²) >= 11 is 0. The molecule has 0 N–H and O–H groups in total. The molecule has 6 nitrogen and oxygen atoms in total. The van der Waals surface area contributed by atoms with Crippen LogP contribution in [0, 0.1) is 0 Å². The maximum absolute atomic E-state index is 12.9. The Morgan fingerprint density at radius 3 is 2.40 bits per heavy atom. The number of carbonyl (C=O) groups excluding carboxylic acids is 1. The summed E-state index contributed by atoms with van der Waals surface area (Å²) in [5, 5.41) is 0.0564. The maximum atomic E-state index is 12.9. The first kappa shape index (κ1) is 20.6. The molecule has 0 saturated heterocycles. The summed E-state index contributed by atoms with van der Waals surface area (Å²) in [6, 6.07) is 15.2. The van der Waals surface area contributed by atoms with Crippen LogP contribution in [0.4, 0.5) is 0 Å². The zero-order valence-electron chi connectivity index (χ0n) is 17.4. The summed E-state index contributed by atoms with van der Waals surface area (Å²) in [4.78, 5) is 19.1. The van der Waals surface area contributed by atoms with Crippen LogP contribution in [0.1, 0.15) is 48.0 Å². The summed E-state index contributed by atoms with van der Waals surface area (Å²) in [7, 11) is -1.58. The fraction of sp³-hybridized carbons (Fsp3) is 0.391. The molecule has 0 atom stereocenters. The molecule has 1 fully saturated rings. The van der Waals surface area contributed by atoms with Gasteiger partial charge >= 0.3 is 0 Å². The van der Waals surface area contributed by atoms with E-state index in [4.69, 9.17) is 0 Å². The maximum Gasteiger partial charge on any atom is 0.253 e. The number of aromatic nitrogens is 2. The van der Waals surface area contributed by atoms with Crippen LogP contribution >= 0.6 is 0 Å². The Morgan fingerprint density at radius 2 is 1.73 bits per heavy atom. The molecule has 3 aromatic rings. The smallest absolute Gasteiger partial charge is 0.253 e. The van der Waals surface area contributed by atoms with Crippen molar-refractivity contribution in [1.82, 2.24) is 14.5 Å². The lowest BCUT2D eigenvalue weighted by Gasteiger charge is -2.31. The van der Waals surface area contributed by atoms with Crippen LogP contribution in [-0.2, 0) is 16.4 Å². The first-order chi connectivity index (χ1) is 14.3. The molecule has 158 valence electrons. The molecule has 30 heavy (non-hydrogen) atoms. The number of benzene rings is 2. The third-order valence-corrected chi connectivity index (χ3v) is 6.91. The largest absolute Gasteiger partial charge is 0.339 e. The first-order valence-electron chi connectivity index (χ1n) is 10.4. The Morgan fingerprint density at radius 1 is 1.07 bits per heavy atom. The van der Waals surface area contributed by atoms with Gasteiger partial charge in [-0.2, -0.15) is 0 Å². The number of fused-ring (bicyclic) bond motifs is 1. The van der Waals surface area contributed by atoms with Gasteiger partial charge in [-0.25, -0.2) is 13.4 Å². The second-order valence-electron chi connectivity index (χ2n) is 8.15. The molecular weight excluding hydrogens is 398 g/mol. The lowest BCUT2D eigenvalue weighted by Crippen LogP contribution is -2.38. The van der Waals surface area contributed by atoms with Crippen LogP contribution in [0.5, 0.6) is 0 Å². The molecule has 4 rings (SSSR count). The highest BCUT2D eigenvalue weighted by atomic mass is 32.2. The van der Waals surface area contributed by atoms with E-state index in [1.165, 1.54) is 25.5 Å². The zero-order chi connectivity index (χ0) is 21.3. The van der Waals surface area contributed by atoms with E-state index in [9.17, 15) is 13.2 Å². The van der Waals surface area contributed by atoms with Crippen molar-refractivity contribution in [2.45, 2.75) is 49.8 Å². The van der Waals surface area contributed by atoms with Crippen LogP contribution in [0.15, 0.2) is 53.7 Å². The quantitative estimate of drug-likeness (QED) is 0.622. The van der Waals surface area contributed by atoms with Gasteiger partial charge in [0.05, 0.1) is 17.6 Å². The first-order valence-corrected chi connectivity index (χ1v) is 12.2. The third-order valence-electron chi connectivity index (χ3n) is 5.94. The van der Waals surface area contributed by atoms with Gasteiger partial charge in [-0.1, -0.05) is 43.5 Å². The fourth-order valence-corrected chi connectivity index (χ4v) is 5.09. The predicted octanol–water partition coefficient (Wildman–Crippen LogP) is 3.89. The van der Waals surface area contributed by atoms with Crippen molar-refractivity contribution in [1.29, 1.82) is 0 Å². The minimum atomic E-state index is -3.47. The average molecular weight is 426 g/mol. The minimum Gasteiger partial charge on any atom is -0.339 e. The van der Waals surface area contributed by atoms with E-state index in [2.05, 4.69) is 4.98 Å². The number of nitrogens with zero attached hydrogens (tertiary/aromatic N) is 3. The predicted molar refractivity (Wildman–Crippen MR) is 117 cm³/mol. The summed E-state index contributed by atoms with van der Waals surface area (Å²) in [6.07, 6.45) is 6.94. The Kier molecular flexibility index (Phi) is 5.64. The highest BCUT2D eigenvalue weighted by Gasteiger charge is 2.23. The molecule has 1 amide bonds. The van der Waals surface area contributed by atoms with Crippen LogP contribution < -0.4 is 0 Å². The molecule has 7 heteroatoms. The number of hydrogen-bond acceptors (Lipinski definition) is 4. The van der Waals surface area contributed by atoms with Crippen LogP contribution in [0.3, 0.4) is 0 Å². The van der Waals surface area contributed by atoms with E-state index in [1.807, 2.05) is 60.5 Å². The standard InChI is InChI=1S/C23H27N3O3S/c1-25(19-8-4-3-5-9-19)22(27)18-14-12-17(13-15-18)16-26-21-11-7-6-10-20(21)24-23(26)30(2,28)29/h6-7,10-15,19H,3-5,8-9,16H2,1-2H3. The van der Waals surface area contributed by atoms with Crippen molar-refractivity contribution in [3.8, 4) is 0 Å². The summed E-state index contributed by atoms with van der Waals surface area (Å²) < 4.78 is 26.2. The third kappa shape index (κ3) is 4.12. The van der Waals surface area contributed by atoms with Gasteiger partial charge in [-0.05, 0) is 42.7 Å². The topological polar surface area (TPSA) is 72.3 Å². The minimum absolute atomic E-state index is 0.0401. The Hall–Kier alpha value is -2.67. The molecular formula is C23H27N3O3S. The normalized spacial score (nSPS) is 15.4. The molecule has 0 unspecified atom stereocenters. The van der Waals surface area contributed by atoms with Crippen molar-refractivity contribution < 1.29 is 13.2 Å². The second kappa shape index (κ2) is 8.22. The second-order valence-corrected chi connectivity index (χ2v) is 10.1. The van der Waals surface area contributed by atoms with Gasteiger partial charge in [0, 0.05) is 24.9 Å². The number of para-hydroxylation sites is 2. The van der Waals surface area contributed by atoms with E-state index < -0.39 is 9.84 Å². The number of hydrogen-bond donors (Lipinski definition) is 0. The number of imidazole rings is 1. The number of amides is 1. The van der Waals surface area contributed by atoms with Gasteiger partial charge < -0.3 is 9.47 Å². The summed E-state index contributed by atoms with van der Waals surface area (Å²) in [6.45, 7) is 0.371. The molecule has 1 aliphatic carbocycles. The summed E-state index contributed by atoms with van der Waals surface area (Å²) in [5.41, 5.74) is 3.00. The SMILES string of the molecule is CN(C(=O)c1ccc(Cn2c(S(C)(=O)=O)nc3ccccc32)cc1)C1CCCCC1. The van der Waals surface area contributed by atoms with E-state index in [1.54, 1.807) is 4.57 Å². The van der Waals surface area contributed by atoms with Crippen molar-refractivity contribution in [2.24, 2.45) is 0 Å². The molecule has 2 aromatic carbocycles. The van der Waals surface area contributed by atoms with Crippen LogP contribution in [0.25, 0.3) is 11.0 Å². The van der Waals surface area contributed by atoms with E-state index in [0.29, 0.717) is 23.7 Å². The highest BCUT2D eigenvalue weighted by Crippen LogP contribution is 2.24. The monoisotopic (exact) mass is 425 g/mol. The molecule has 1 heterocycles. The molecule has 0 radical (unpaired) electrons. The van der Waals surface area contributed by atoms with Crippen molar-refractivity contribution in [3.05, 3.63) is 59.7 Å². The number of sulfone groups is 1. The summed E-state index contributed by atoms with van der Waals surface area (Å²) in [5.74, 6) is 0.0401. The van der Waals surface area contributed by atoms with Crippen molar-refractivity contribution in [2.75, 3.05) is 13.3 Å². The van der Waals surface area contributed by atoms with E-state index in [0.717, 1.165) is 23.9 Å². The fourth-order valence-electron chi connectivity index (χ4n) is 4.26.